The molecular weight excluding hydrogens is 154 g/mol. The molecule has 12 heavy (non-hydrogen) atoms. The molecule has 0 rings (SSSR count). The van der Waals surface area contributed by atoms with Gasteiger partial charge in [-0.3, -0.25) is 15.2 Å². The lowest BCUT2D eigenvalue weighted by molar-refractivity contribution is -0.113. The average Bonchev–Trinajstić information content (AvgIpc) is 1.98. The number of aliphatic imine (C=N–C) groups is 1. The summed E-state index contributed by atoms with van der Waals surface area (Å²) in [6, 6.07) is 0. The first-order valence-corrected chi connectivity index (χ1v) is 3.66. The van der Waals surface area contributed by atoms with Crippen molar-refractivity contribution in [3.05, 3.63) is 12.3 Å². The monoisotopic (exact) mass is 167 g/mol. The lowest BCUT2D eigenvalue weighted by Crippen LogP contribution is -2.21. The van der Waals surface area contributed by atoms with Gasteiger partial charge >= 0.3 is 0 Å². The standard InChI is InChI=1S/C8H13N3O/c1-7(2)3-4-10-5-8(12)11-6-9/h3-7H,1-2H3,(H2,9,11,12)/b4-3+,10-5+. The largest absolute Gasteiger partial charge is 0.312 e. The molecule has 0 bridgehead atoms. The highest BCUT2D eigenvalue weighted by Gasteiger charge is 1.88. The van der Waals surface area contributed by atoms with E-state index in [4.69, 9.17) is 5.41 Å². The van der Waals surface area contributed by atoms with Crippen molar-refractivity contribution < 1.29 is 4.79 Å². The summed E-state index contributed by atoms with van der Waals surface area (Å²) in [5.74, 6) is 0.0337. The number of nitrogens with one attached hydrogen (secondary N) is 2. The Bertz CT molecular complexity index is 206. The van der Waals surface area contributed by atoms with Gasteiger partial charge in [0.1, 0.15) is 0 Å². The van der Waals surface area contributed by atoms with Crippen LogP contribution in [0.1, 0.15) is 13.8 Å². The summed E-state index contributed by atoms with van der Waals surface area (Å²) < 4.78 is 0. The summed E-state index contributed by atoms with van der Waals surface area (Å²) in [6.45, 7) is 4.04. The van der Waals surface area contributed by atoms with Crippen molar-refractivity contribution in [2.24, 2.45) is 10.9 Å². The molecule has 0 atom stereocenters. The highest BCUT2D eigenvalue weighted by atomic mass is 16.1. The van der Waals surface area contributed by atoms with E-state index in [-0.39, 0.29) is 0 Å². The third-order valence-electron chi connectivity index (χ3n) is 0.963. The number of hydrogen-bond acceptors (Lipinski definition) is 3. The van der Waals surface area contributed by atoms with Crippen molar-refractivity contribution in [3.8, 4) is 0 Å². The van der Waals surface area contributed by atoms with Crippen LogP contribution in [0.4, 0.5) is 0 Å². The molecule has 0 radical (unpaired) electrons. The Labute approximate surface area is 71.9 Å². The van der Waals surface area contributed by atoms with E-state index < -0.39 is 5.91 Å². The zero-order valence-corrected chi connectivity index (χ0v) is 7.24. The summed E-state index contributed by atoms with van der Waals surface area (Å²) >= 11 is 0. The van der Waals surface area contributed by atoms with Crippen LogP contribution >= 0.6 is 0 Å². The molecule has 0 aromatic heterocycles. The molecule has 0 saturated carbocycles. The fourth-order valence-electron chi connectivity index (χ4n) is 0.441. The van der Waals surface area contributed by atoms with Crippen molar-refractivity contribution in [2.75, 3.05) is 0 Å². The second-order valence-electron chi connectivity index (χ2n) is 2.52. The average molecular weight is 167 g/mol. The van der Waals surface area contributed by atoms with Crippen LogP contribution < -0.4 is 5.32 Å². The first kappa shape index (κ1) is 10.6. The van der Waals surface area contributed by atoms with Gasteiger partial charge < -0.3 is 5.32 Å². The van der Waals surface area contributed by atoms with Crippen molar-refractivity contribution in [3.63, 3.8) is 0 Å². The minimum Gasteiger partial charge on any atom is -0.312 e. The molecule has 0 aromatic rings. The minimum absolute atomic E-state index is 0.390. The molecule has 4 nitrogen and oxygen atoms in total. The molecule has 4 heteroatoms. The van der Waals surface area contributed by atoms with Gasteiger partial charge in [-0.2, -0.15) is 0 Å². The molecular formula is C8H13N3O. The number of nitrogens with zero attached hydrogens (tertiary/aromatic N) is 1. The van der Waals surface area contributed by atoms with Gasteiger partial charge in [-0.1, -0.05) is 19.9 Å². The van der Waals surface area contributed by atoms with E-state index in [2.05, 4.69) is 10.3 Å². The molecule has 0 fully saturated rings. The Balaban J connectivity index is 3.75. The van der Waals surface area contributed by atoms with Crippen LogP contribution in [0.5, 0.6) is 0 Å². The van der Waals surface area contributed by atoms with Crippen LogP contribution in [0.2, 0.25) is 0 Å². The predicted octanol–water partition coefficient (Wildman–Crippen LogP) is 0.950. The van der Waals surface area contributed by atoms with E-state index >= 15 is 0 Å². The van der Waals surface area contributed by atoms with Gasteiger partial charge in [0.2, 0.25) is 0 Å². The van der Waals surface area contributed by atoms with Gasteiger partial charge in [-0.05, 0) is 5.92 Å². The maximum absolute atomic E-state index is 10.6. The maximum Gasteiger partial charge on any atom is 0.267 e. The third kappa shape index (κ3) is 6.67. The molecule has 0 aromatic carbocycles. The van der Waals surface area contributed by atoms with Gasteiger partial charge in [0.25, 0.3) is 5.91 Å². The van der Waals surface area contributed by atoms with E-state index in [0.717, 1.165) is 12.6 Å². The van der Waals surface area contributed by atoms with E-state index in [1.54, 1.807) is 6.20 Å². The smallest absolute Gasteiger partial charge is 0.267 e. The van der Waals surface area contributed by atoms with E-state index in [1.165, 1.54) is 0 Å². The zero-order chi connectivity index (χ0) is 9.40. The topological polar surface area (TPSA) is 65.3 Å². The number of allylic oxidation sites excluding steroid dienone is 1. The van der Waals surface area contributed by atoms with Gasteiger partial charge in [0, 0.05) is 6.20 Å². The quantitative estimate of drug-likeness (QED) is 0.475. The van der Waals surface area contributed by atoms with Crippen LogP contribution in [-0.4, -0.2) is 18.5 Å². The fourth-order valence-corrected chi connectivity index (χ4v) is 0.441. The summed E-state index contributed by atoms with van der Waals surface area (Å²) in [6.07, 6.45) is 5.38. The van der Waals surface area contributed by atoms with Crippen LogP contribution in [0, 0.1) is 11.3 Å². The van der Waals surface area contributed by atoms with Gasteiger partial charge in [-0.25, -0.2) is 0 Å². The first-order chi connectivity index (χ1) is 5.66. The Morgan fingerprint density at radius 3 is 2.75 bits per heavy atom. The maximum atomic E-state index is 10.6. The Kier molecular flexibility index (Phi) is 5.51. The summed E-state index contributed by atoms with van der Waals surface area (Å²) in [4.78, 5) is 14.4. The van der Waals surface area contributed by atoms with Crippen LogP contribution in [0.15, 0.2) is 17.3 Å². The number of hydrogen-bond donors (Lipinski definition) is 2. The molecule has 0 aliphatic carbocycles. The van der Waals surface area contributed by atoms with Crippen LogP contribution in [-0.2, 0) is 4.79 Å². The van der Waals surface area contributed by atoms with Gasteiger partial charge in [-0.15, -0.1) is 0 Å². The molecule has 66 valence electrons. The highest BCUT2D eigenvalue weighted by molar-refractivity contribution is 6.28. The van der Waals surface area contributed by atoms with Crippen molar-refractivity contribution in [1.82, 2.24) is 5.32 Å². The normalized spacial score (nSPS) is 11.2. The molecule has 1 amide bonds. The van der Waals surface area contributed by atoms with Crippen molar-refractivity contribution >= 4 is 18.5 Å². The second-order valence-corrected chi connectivity index (χ2v) is 2.52. The number of rotatable bonds is 4. The van der Waals surface area contributed by atoms with E-state index in [1.807, 2.05) is 19.9 Å². The van der Waals surface area contributed by atoms with Gasteiger partial charge in [0.15, 0.2) is 0 Å². The van der Waals surface area contributed by atoms with E-state index in [9.17, 15) is 4.79 Å². The lowest BCUT2D eigenvalue weighted by Gasteiger charge is -1.89. The SMILES string of the molecule is CC(C)/C=C/N=C/C(=O)NC=N. The molecule has 0 aliphatic heterocycles. The predicted molar refractivity (Wildman–Crippen MR) is 49.4 cm³/mol. The van der Waals surface area contributed by atoms with Crippen molar-refractivity contribution in [2.45, 2.75) is 13.8 Å². The number of carbonyl (C=O) groups is 1. The molecule has 0 unspecified atom stereocenters. The molecule has 2 N–H and O–H groups in total. The third-order valence-corrected chi connectivity index (χ3v) is 0.963. The van der Waals surface area contributed by atoms with Crippen LogP contribution in [0.3, 0.4) is 0 Å². The zero-order valence-electron chi connectivity index (χ0n) is 7.24. The molecule has 0 heterocycles. The molecule has 0 saturated heterocycles. The Hall–Kier alpha value is -1.45. The summed E-state index contributed by atoms with van der Waals surface area (Å²) in [7, 11) is 0. The summed E-state index contributed by atoms with van der Waals surface area (Å²) in [5.41, 5.74) is 0. The number of amides is 1. The Morgan fingerprint density at radius 2 is 2.25 bits per heavy atom. The van der Waals surface area contributed by atoms with Gasteiger partial charge in [0.05, 0.1) is 12.6 Å². The summed E-state index contributed by atoms with van der Waals surface area (Å²) in [5, 5.41) is 8.70. The van der Waals surface area contributed by atoms with Crippen LogP contribution in [0.25, 0.3) is 0 Å². The minimum atomic E-state index is -0.390. The number of carbonyl (C=O) groups excluding carboxylic acids is 1. The van der Waals surface area contributed by atoms with E-state index in [0.29, 0.717) is 5.92 Å². The lowest BCUT2D eigenvalue weighted by atomic mass is 10.2. The molecule has 0 spiro atoms. The first-order valence-electron chi connectivity index (χ1n) is 3.66. The Morgan fingerprint density at radius 1 is 1.58 bits per heavy atom. The highest BCUT2D eigenvalue weighted by Crippen LogP contribution is 1.92. The van der Waals surface area contributed by atoms with Crippen molar-refractivity contribution in [1.29, 1.82) is 5.41 Å². The fraction of sp³-hybridized carbons (Fsp3) is 0.375. The molecule has 0 aliphatic rings. The second kappa shape index (κ2) is 6.27.